The van der Waals surface area contributed by atoms with Crippen molar-refractivity contribution in [2.24, 2.45) is 0 Å². The molecule has 0 aliphatic rings. The molecule has 0 saturated heterocycles. The van der Waals surface area contributed by atoms with Crippen LogP contribution in [0.15, 0.2) is 18.3 Å². The monoisotopic (exact) mass is 252 g/mol. The SMILES string of the molecule is CCNC(C)c1ccc(OC(C)COCC)nc1. The number of aromatic nitrogens is 1. The third kappa shape index (κ3) is 5.02. The van der Waals surface area contributed by atoms with Crippen LogP contribution in [0.4, 0.5) is 0 Å². The molecule has 0 saturated carbocycles. The normalized spacial score (nSPS) is 14.2. The van der Waals surface area contributed by atoms with Crippen molar-refractivity contribution in [1.29, 1.82) is 0 Å². The Balaban J connectivity index is 2.49. The fourth-order valence-corrected chi connectivity index (χ4v) is 1.67. The van der Waals surface area contributed by atoms with Gasteiger partial charge in [-0.05, 0) is 32.9 Å². The molecule has 4 heteroatoms. The first kappa shape index (κ1) is 14.9. The van der Waals surface area contributed by atoms with Crippen molar-refractivity contribution >= 4 is 0 Å². The molecule has 4 nitrogen and oxygen atoms in total. The first-order valence-corrected chi connectivity index (χ1v) is 6.61. The van der Waals surface area contributed by atoms with Gasteiger partial charge in [0.1, 0.15) is 6.10 Å². The number of nitrogens with one attached hydrogen (secondary N) is 1. The van der Waals surface area contributed by atoms with Crippen LogP contribution < -0.4 is 10.1 Å². The van der Waals surface area contributed by atoms with E-state index < -0.39 is 0 Å². The second kappa shape index (κ2) is 8.06. The largest absolute Gasteiger partial charge is 0.472 e. The average molecular weight is 252 g/mol. The van der Waals surface area contributed by atoms with Gasteiger partial charge in [0.05, 0.1) is 6.61 Å². The van der Waals surface area contributed by atoms with Crippen LogP contribution in [0.1, 0.15) is 39.3 Å². The zero-order chi connectivity index (χ0) is 13.4. The molecule has 2 unspecified atom stereocenters. The van der Waals surface area contributed by atoms with E-state index >= 15 is 0 Å². The number of hydrogen-bond donors (Lipinski definition) is 1. The molecule has 2 atom stereocenters. The van der Waals surface area contributed by atoms with Crippen molar-refractivity contribution in [3.8, 4) is 5.88 Å². The Morgan fingerprint density at radius 3 is 2.61 bits per heavy atom. The highest BCUT2D eigenvalue weighted by Crippen LogP contribution is 2.15. The number of nitrogens with zero attached hydrogens (tertiary/aromatic N) is 1. The van der Waals surface area contributed by atoms with Gasteiger partial charge >= 0.3 is 0 Å². The highest BCUT2D eigenvalue weighted by Gasteiger charge is 2.07. The highest BCUT2D eigenvalue weighted by molar-refractivity contribution is 5.20. The Bertz CT molecular complexity index is 327. The minimum atomic E-state index is 0.0227. The van der Waals surface area contributed by atoms with E-state index in [2.05, 4.69) is 24.1 Å². The van der Waals surface area contributed by atoms with E-state index in [9.17, 15) is 0 Å². The van der Waals surface area contributed by atoms with Gasteiger partial charge in [0.15, 0.2) is 0 Å². The van der Waals surface area contributed by atoms with Crippen LogP contribution in [-0.2, 0) is 4.74 Å². The molecule has 0 aliphatic heterocycles. The topological polar surface area (TPSA) is 43.4 Å². The summed E-state index contributed by atoms with van der Waals surface area (Å²) in [6, 6.07) is 4.27. The van der Waals surface area contributed by atoms with Crippen LogP contribution in [0.2, 0.25) is 0 Å². The molecule has 0 radical (unpaired) electrons. The summed E-state index contributed by atoms with van der Waals surface area (Å²) in [5, 5.41) is 3.35. The van der Waals surface area contributed by atoms with Gasteiger partial charge < -0.3 is 14.8 Å². The summed E-state index contributed by atoms with van der Waals surface area (Å²) in [7, 11) is 0. The molecule has 0 aliphatic carbocycles. The molecule has 0 bridgehead atoms. The van der Waals surface area contributed by atoms with Gasteiger partial charge in [0, 0.05) is 24.9 Å². The van der Waals surface area contributed by atoms with Crippen molar-refractivity contribution in [1.82, 2.24) is 10.3 Å². The summed E-state index contributed by atoms with van der Waals surface area (Å²) >= 11 is 0. The molecule has 18 heavy (non-hydrogen) atoms. The quantitative estimate of drug-likeness (QED) is 0.772. The Kier molecular flexibility index (Phi) is 6.68. The Labute approximate surface area is 110 Å². The molecule has 0 aromatic carbocycles. The number of pyridine rings is 1. The van der Waals surface area contributed by atoms with Crippen LogP contribution in [0.25, 0.3) is 0 Å². The molecule has 1 aromatic heterocycles. The Morgan fingerprint density at radius 1 is 1.28 bits per heavy atom. The van der Waals surface area contributed by atoms with Gasteiger partial charge in [0.2, 0.25) is 5.88 Å². The maximum Gasteiger partial charge on any atom is 0.213 e. The molecule has 0 fully saturated rings. The van der Waals surface area contributed by atoms with Crippen LogP contribution in [0.5, 0.6) is 5.88 Å². The van der Waals surface area contributed by atoms with Crippen LogP contribution >= 0.6 is 0 Å². The summed E-state index contributed by atoms with van der Waals surface area (Å²) in [5.74, 6) is 0.648. The van der Waals surface area contributed by atoms with E-state index in [0.29, 0.717) is 25.1 Å². The predicted molar refractivity (Wildman–Crippen MR) is 72.9 cm³/mol. The van der Waals surface area contributed by atoms with E-state index in [1.54, 1.807) is 0 Å². The summed E-state index contributed by atoms with van der Waals surface area (Å²) in [5.41, 5.74) is 1.17. The Hall–Kier alpha value is -1.13. The van der Waals surface area contributed by atoms with E-state index in [0.717, 1.165) is 6.54 Å². The van der Waals surface area contributed by atoms with Crippen LogP contribution in [-0.4, -0.2) is 30.8 Å². The Morgan fingerprint density at radius 2 is 2.06 bits per heavy atom. The lowest BCUT2D eigenvalue weighted by Gasteiger charge is -2.15. The van der Waals surface area contributed by atoms with Crippen LogP contribution in [0, 0.1) is 0 Å². The van der Waals surface area contributed by atoms with Gasteiger partial charge in [-0.2, -0.15) is 0 Å². The van der Waals surface area contributed by atoms with Crippen molar-refractivity contribution in [3.05, 3.63) is 23.9 Å². The summed E-state index contributed by atoms with van der Waals surface area (Å²) in [6.07, 6.45) is 1.88. The lowest BCUT2D eigenvalue weighted by atomic mass is 10.1. The minimum absolute atomic E-state index is 0.0227. The number of rotatable bonds is 8. The molecule has 102 valence electrons. The van der Waals surface area contributed by atoms with E-state index in [4.69, 9.17) is 9.47 Å². The van der Waals surface area contributed by atoms with Gasteiger partial charge in [-0.15, -0.1) is 0 Å². The molecule has 0 spiro atoms. The fraction of sp³-hybridized carbons (Fsp3) is 0.643. The fourth-order valence-electron chi connectivity index (χ4n) is 1.67. The maximum absolute atomic E-state index is 5.65. The third-order valence-corrected chi connectivity index (χ3v) is 2.65. The highest BCUT2D eigenvalue weighted by atomic mass is 16.5. The minimum Gasteiger partial charge on any atom is -0.472 e. The summed E-state index contributed by atoms with van der Waals surface area (Å²) in [6.45, 7) is 10.4. The van der Waals surface area contributed by atoms with Crippen molar-refractivity contribution in [3.63, 3.8) is 0 Å². The second-order valence-electron chi connectivity index (χ2n) is 4.30. The van der Waals surface area contributed by atoms with Gasteiger partial charge in [0.25, 0.3) is 0 Å². The molecular formula is C14H24N2O2. The molecule has 1 rings (SSSR count). The molecule has 1 aromatic rings. The molecule has 1 N–H and O–H groups in total. The predicted octanol–water partition coefficient (Wildman–Crippen LogP) is 2.56. The van der Waals surface area contributed by atoms with Crippen molar-refractivity contribution in [2.45, 2.75) is 39.8 Å². The zero-order valence-corrected chi connectivity index (χ0v) is 11.8. The van der Waals surface area contributed by atoms with E-state index in [1.165, 1.54) is 5.56 Å². The average Bonchev–Trinajstić information content (AvgIpc) is 2.37. The lowest BCUT2D eigenvalue weighted by molar-refractivity contribution is 0.0633. The van der Waals surface area contributed by atoms with E-state index in [1.807, 2.05) is 32.2 Å². The zero-order valence-electron chi connectivity index (χ0n) is 11.8. The van der Waals surface area contributed by atoms with Crippen molar-refractivity contribution in [2.75, 3.05) is 19.8 Å². The number of hydrogen-bond acceptors (Lipinski definition) is 4. The van der Waals surface area contributed by atoms with Gasteiger partial charge in [-0.3, -0.25) is 0 Å². The van der Waals surface area contributed by atoms with Crippen molar-refractivity contribution < 1.29 is 9.47 Å². The van der Waals surface area contributed by atoms with Crippen LogP contribution in [0.3, 0.4) is 0 Å². The molecular weight excluding hydrogens is 228 g/mol. The third-order valence-electron chi connectivity index (χ3n) is 2.65. The number of ether oxygens (including phenoxy) is 2. The van der Waals surface area contributed by atoms with E-state index in [-0.39, 0.29) is 6.10 Å². The first-order chi connectivity index (χ1) is 8.67. The standard InChI is InChI=1S/C14H24N2O2/c1-5-15-12(4)13-7-8-14(16-9-13)18-11(3)10-17-6-2/h7-9,11-12,15H,5-6,10H2,1-4H3. The summed E-state index contributed by atoms with van der Waals surface area (Å²) in [4.78, 5) is 4.31. The van der Waals surface area contributed by atoms with Gasteiger partial charge in [-0.25, -0.2) is 4.98 Å². The second-order valence-corrected chi connectivity index (χ2v) is 4.30. The van der Waals surface area contributed by atoms with Gasteiger partial charge in [-0.1, -0.05) is 13.0 Å². The first-order valence-electron chi connectivity index (χ1n) is 6.61. The lowest BCUT2D eigenvalue weighted by Crippen LogP contribution is -2.20. The summed E-state index contributed by atoms with van der Waals surface area (Å²) < 4.78 is 11.0. The maximum atomic E-state index is 5.65. The smallest absolute Gasteiger partial charge is 0.213 e. The molecule has 0 amide bonds. The molecule has 1 heterocycles.